The van der Waals surface area contributed by atoms with Gasteiger partial charge in [-0.2, -0.15) is 0 Å². The van der Waals surface area contributed by atoms with Crippen molar-refractivity contribution in [2.24, 2.45) is 0 Å². The molecule has 2 aromatic rings. The van der Waals surface area contributed by atoms with Gasteiger partial charge in [0.05, 0.1) is 11.5 Å². The molecule has 0 bridgehead atoms. The van der Waals surface area contributed by atoms with E-state index in [1.165, 1.54) is 0 Å². The van der Waals surface area contributed by atoms with E-state index in [9.17, 15) is 13.2 Å². The molecule has 1 atom stereocenters. The van der Waals surface area contributed by atoms with Crippen LogP contribution in [0.3, 0.4) is 0 Å². The van der Waals surface area contributed by atoms with Crippen LogP contribution in [0.5, 0.6) is 0 Å². The topological polar surface area (TPSA) is 57.7 Å². The molecule has 162 valence electrons. The highest BCUT2D eigenvalue weighted by atomic mass is 32.2. The summed E-state index contributed by atoms with van der Waals surface area (Å²) in [5.41, 5.74) is 3.84. The van der Waals surface area contributed by atoms with E-state index in [0.29, 0.717) is 18.5 Å². The van der Waals surface area contributed by atoms with E-state index < -0.39 is 9.84 Å². The largest absolute Gasteiger partial charge is 0.378 e. The Morgan fingerprint density at radius 2 is 1.60 bits per heavy atom. The summed E-state index contributed by atoms with van der Waals surface area (Å²) in [6.07, 6.45) is 0.490. The average Bonchev–Trinajstić information content (AvgIpc) is 3.05. The first-order chi connectivity index (χ1) is 14.0. The molecule has 0 saturated carbocycles. The molecule has 1 aliphatic heterocycles. The van der Waals surface area contributed by atoms with Crippen LogP contribution in [0.4, 0.5) is 5.69 Å². The second-order valence-electron chi connectivity index (χ2n) is 9.38. The van der Waals surface area contributed by atoms with Crippen LogP contribution in [-0.4, -0.2) is 50.9 Å². The van der Waals surface area contributed by atoms with Crippen molar-refractivity contribution in [1.82, 2.24) is 4.90 Å². The zero-order valence-corrected chi connectivity index (χ0v) is 19.4. The Morgan fingerprint density at radius 3 is 2.07 bits per heavy atom. The summed E-state index contributed by atoms with van der Waals surface area (Å²) >= 11 is 0. The normalized spacial score (nSPS) is 18.2. The molecule has 2 aromatic carbocycles. The van der Waals surface area contributed by atoms with Crippen molar-refractivity contribution < 1.29 is 13.2 Å². The van der Waals surface area contributed by atoms with Crippen LogP contribution in [0, 0.1) is 0 Å². The van der Waals surface area contributed by atoms with Crippen molar-refractivity contribution >= 4 is 21.4 Å². The quantitative estimate of drug-likeness (QED) is 0.725. The number of benzene rings is 2. The Hall–Kier alpha value is -2.34. The molecular formula is C24H32N2O3S. The zero-order chi connectivity index (χ0) is 22.1. The molecule has 1 saturated heterocycles. The fourth-order valence-electron chi connectivity index (χ4n) is 3.76. The van der Waals surface area contributed by atoms with E-state index in [4.69, 9.17) is 0 Å². The molecule has 0 aromatic heterocycles. The SMILES string of the molecule is CN(C)c1ccc(CN(C(=O)c2ccc(C(C)(C)C)cc2)C2CCS(=O)(=O)C2)cc1. The summed E-state index contributed by atoms with van der Waals surface area (Å²) in [4.78, 5) is 17.2. The first-order valence-corrected chi connectivity index (χ1v) is 12.2. The van der Waals surface area contributed by atoms with Gasteiger partial charge in [0.2, 0.25) is 0 Å². The van der Waals surface area contributed by atoms with Gasteiger partial charge in [-0.3, -0.25) is 4.79 Å². The van der Waals surface area contributed by atoms with Crippen LogP contribution in [0.1, 0.15) is 48.7 Å². The lowest BCUT2D eigenvalue weighted by atomic mass is 9.86. The average molecular weight is 429 g/mol. The first-order valence-electron chi connectivity index (χ1n) is 10.3. The van der Waals surface area contributed by atoms with Crippen molar-refractivity contribution in [1.29, 1.82) is 0 Å². The standard InChI is InChI=1S/C24H32N2O3S/c1-24(2,3)20-10-8-19(9-11-20)23(27)26(22-14-15-30(28,29)17-22)16-18-6-12-21(13-7-18)25(4)5/h6-13,22H,14-17H2,1-5H3. The number of rotatable bonds is 5. The van der Waals surface area contributed by atoms with E-state index in [0.717, 1.165) is 16.8 Å². The second-order valence-corrected chi connectivity index (χ2v) is 11.6. The van der Waals surface area contributed by atoms with Crippen LogP contribution in [-0.2, 0) is 21.8 Å². The predicted molar refractivity (Wildman–Crippen MR) is 123 cm³/mol. The van der Waals surface area contributed by atoms with Gasteiger partial charge in [0.1, 0.15) is 0 Å². The maximum Gasteiger partial charge on any atom is 0.254 e. The first kappa shape index (κ1) is 22.3. The molecule has 3 rings (SSSR count). The minimum absolute atomic E-state index is 0.00891. The van der Waals surface area contributed by atoms with E-state index >= 15 is 0 Å². The number of carbonyl (C=O) groups excluding carboxylic acids is 1. The summed E-state index contributed by atoms with van der Waals surface area (Å²) < 4.78 is 24.2. The molecule has 1 unspecified atom stereocenters. The molecule has 1 fully saturated rings. The van der Waals surface area contributed by atoms with E-state index in [1.54, 1.807) is 4.90 Å². The molecule has 1 heterocycles. The number of nitrogens with zero attached hydrogens (tertiary/aromatic N) is 2. The highest BCUT2D eigenvalue weighted by molar-refractivity contribution is 7.91. The lowest BCUT2D eigenvalue weighted by Crippen LogP contribution is -2.40. The maximum atomic E-state index is 13.4. The Balaban J connectivity index is 1.88. The second kappa shape index (κ2) is 8.42. The fourth-order valence-corrected chi connectivity index (χ4v) is 5.49. The van der Waals surface area contributed by atoms with E-state index in [1.807, 2.05) is 67.5 Å². The lowest BCUT2D eigenvalue weighted by molar-refractivity contribution is 0.0681. The molecule has 30 heavy (non-hydrogen) atoms. The number of anilines is 1. The summed E-state index contributed by atoms with van der Waals surface area (Å²) in [5, 5.41) is 0. The van der Waals surface area contributed by atoms with Crippen LogP contribution in [0.25, 0.3) is 0 Å². The smallest absolute Gasteiger partial charge is 0.254 e. The number of hydrogen-bond acceptors (Lipinski definition) is 4. The number of carbonyl (C=O) groups is 1. The Kier molecular flexibility index (Phi) is 6.27. The Bertz CT molecular complexity index is 988. The fraction of sp³-hybridized carbons (Fsp3) is 0.458. The van der Waals surface area contributed by atoms with E-state index in [2.05, 4.69) is 20.8 Å². The molecule has 0 spiro atoms. The van der Waals surface area contributed by atoms with Gasteiger partial charge in [0.25, 0.3) is 5.91 Å². The van der Waals surface area contributed by atoms with Gasteiger partial charge in [-0.1, -0.05) is 45.0 Å². The summed E-state index contributed by atoms with van der Waals surface area (Å²) in [5.74, 6) is 0.0627. The third kappa shape index (κ3) is 5.22. The van der Waals surface area contributed by atoms with Crippen LogP contribution in [0.2, 0.25) is 0 Å². The van der Waals surface area contributed by atoms with Gasteiger partial charge in [-0.15, -0.1) is 0 Å². The van der Waals surface area contributed by atoms with Gasteiger partial charge in [0, 0.05) is 37.9 Å². The van der Waals surface area contributed by atoms with Gasteiger partial charge in [-0.05, 0) is 47.2 Å². The number of hydrogen-bond donors (Lipinski definition) is 0. The van der Waals surface area contributed by atoms with E-state index in [-0.39, 0.29) is 28.9 Å². The summed E-state index contributed by atoms with van der Waals surface area (Å²) in [7, 11) is 0.870. The van der Waals surface area contributed by atoms with Gasteiger partial charge in [-0.25, -0.2) is 8.42 Å². The zero-order valence-electron chi connectivity index (χ0n) is 18.6. The Morgan fingerprint density at radius 1 is 1.00 bits per heavy atom. The third-order valence-electron chi connectivity index (χ3n) is 5.71. The minimum Gasteiger partial charge on any atom is -0.378 e. The summed E-state index contributed by atoms with van der Waals surface area (Å²) in [6, 6.07) is 15.4. The monoisotopic (exact) mass is 428 g/mol. The molecular weight excluding hydrogens is 396 g/mol. The van der Waals surface area contributed by atoms with Crippen molar-refractivity contribution in [3.05, 3.63) is 65.2 Å². The molecule has 0 aliphatic carbocycles. The summed E-state index contributed by atoms with van der Waals surface area (Å²) in [6.45, 7) is 6.80. The molecule has 1 amide bonds. The van der Waals surface area contributed by atoms with Gasteiger partial charge >= 0.3 is 0 Å². The predicted octanol–water partition coefficient (Wildman–Crippen LogP) is 3.88. The van der Waals surface area contributed by atoms with Crippen LogP contribution >= 0.6 is 0 Å². The van der Waals surface area contributed by atoms with Crippen molar-refractivity contribution in [2.45, 2.75) is 45.2 Å². The highest BCUT2D eigenvalue weighted by Crippen LogP contribution is 2.26. The third-order valence-corrected chi connectivity index (χ3v) is 7.46. The van der Waals surface area contributed by atoms with Gasteiger partial charge in [0.15, 0.2) is 9.84 Å². The molecule has 0 radical (unpaired) electrons. The molecule has 6 heteroatoms. The van der Waals surface area contributed by atoms with Crippen LogP contribution in [0.15, 0.2) is 48.5 Å². The maximum absolute atomic E-state index is 13.4. The van der Waals surface area contributed by atoms with Crippen molar-refractivity contribution in [3.8, 4) is 0 Å². The molecule has 1 aliphatic rings. The van der Waals surface area contributed by atoms with Crippen molar-refractivity contribution in [2.75, 3.05) is 30.5 Å². The van der Waals surface area contributed by atoms with Crippen molar-refractivity contribution in [3.63, 3.8) is 0 Å². The Labute approximate surface area is 180 Å². The molecule has 5 nitrogen and oxygen atoms in total. The van der Waals surface area contributed by atoms with Gasteiger partial charge < -0.3 is 9.80 Å². The lowest BCUT2D eigenvalue weighted by Gasteiger charge is -2.29. The number of sulfone groups is 1. The van der Waals surface area contributed by atoms with Crippen LogP contribution < -0.4 is 4.90 Å². The molecule has 0 N–H and O–H groups in total. The number of amides is 1. The highest BCUT2D eigenvalue weighted by Gasteiger charge is 2.35. The minimum atomic E-state index is -3.09.